The molecule has 7 heteroatoms. The standard InChI is InChI=1S/C23H19N3O4/c27-19-18-16(6-11-25-19)23(30-20(18)28)9-12-26(13-23)21(29)22(7-8-22)15-5-10-24-17-4-2-1-3-14(15)17/h1-6,10-11H,7-9,12-13H2,(H,25,27). The molecule has 2 fully saturated rings. The molecule has 1 atom stereocenters. The van der Waals surface area contributed by atoms with Gasteiger partial charge in [0, 0.05) is 36.3 Å². The predicted octanol–water partition coefficient (Wildman–Crippen LogP) is 2.25. The fraction of sp³-hybridized carbons (Fsp3) is 0.304. The van der Waals surface area contributed by atoms with Crippen molar-refractivity contribution in [2.75, 3.05) is 13.1 Å². The highest BCUT2D eigenvalue weighted by Crippen LogP contribution is 2.53. The van der Waals surface area contributed by atoms with Gasteiger partial charge in [-0.3, -0.25) is 14.6 Å². The van der Waals surface area contributed by atoms with Crippen LogP contribution in [0.3, 0.4) is 0 Å². The van der Waals surface area contributed by atoms with E-state index in [9.17, 15) is 14.4 Å². The van der Waals surface area contributed by atoms with Crippen LogP contribution in [0.2, 0.25) is 0 Å². The second-order valence-corrected chi connectivity index (χ2v) is 8.41. The number of aromatic amines is 1. The molecule has 0 bridgehead atoms. The summed E-state index contributed by atoms with van der Waals surface area (Å²) in [4.78, 5) is 46.9. The first kappa shape index (κ1) is 17.4. The number of fused-ring (bicyclic) bond motifs is 3. The van der Waals surface area contributed by atoms with Crippen molar-refractivity contribution in [3.05, 3.63) is 75.8 Å². The average molecular weight is 401 g/mol. The number of amides is 1. The minimum atomic E-state index is -0.924. The zero-order chi connectivity index (χ0) is 20.5. The number of hydrogen-bond acceptors (Lipinski definition) is 5. The van der Waals surface area contributed by atoms with E-state index in [1.165, 1.54) is 6.20 Å². The predicted molar refractivity (Wildman–Crippen MR) is 108 cm³/mol. The van der Waals surface area contributed by atoms with Crippen molar-refractivity contribution in [3.8, 4) is 0 Å². The minimum Gasteiger partial charge on any atom is -0.448 e. The number of aromatic nitrogens is 2. The zero-order valence-corrected chi connectivity index (χ0v) is 16.2. The number of carbonyl (C=O) groups excluding carboxylic acids is 2. The molecule has 1 amide bonds. The average Bonchev–Trinajstić information content (AvgIpc) is 3.38. The fourth-order valence-electron chi connectivity index (χ4n) is 5.14. The maximum atomic E-state index is 13.7. The van der Waals surface area contributed by atoms with Crippen molar-refractivity contribution >= 4 is 22.8 Å². The lowest BCUT2D eigenvalue weighted by molar-refractivity contribution is -0.134. The van der Waals surface area contributed by atoms with Crippen LogP contribution in [0.1, 0.15) is 40.7 Å². The number of benzene rings is 1. The van der Waals surface area contributed by atoms with E-state index in [1.807, 2.05) is 30.3 Å². The number of nitrogens with zero attached hydrogens (tertiary/aromatic N) is 2. The van der Waals surface area contributed by atoms with Gasteiger partial charge < -0.3 is 14.6 Å². The molecule has 7 nitrogen and oxygen atoms in total. The third-order valence-electron chi connectivity index (χ3n) is 6.79. The lowest BCUT2D eigenvalue weighted by atomic mass is 9.91. The molecule has 1 saturated heterocycles. The van der Waals surface area contributed by atoms with E-state index in [0.717, 1.165) is 29.3 Å². The highest BCUT2D eigenvalue weighted by atomic mass is 16.6. The number of ether oxygens (including phenoxy) is 1. The molecule has 0 radical (unpaired) electrons. The van der Waals surface area contributed by atoms with Crippen LogP contribution in [-0.4, -0.2) is 39.8 Å². The first-order valence-electron chi connectivity index (χ1n) is 10.1. The monoisotopic (exact) mass is 401 g/mol. The van der Waals surface area contributed by atoms with Gasteiger partial charge in [-0.15, -0.1) is 0 Å². The van der Waals surface area contributed by atoms with Gasteiger partial charge in [-0.1, -0.05) is 18.2 Å². The summed E-state index contributed by atoms with van der Waals surface area (Å²) >= 11 is 0. The molecule has 3 aliphatic rings. The molecule has 2 aliphatic heterocycles. The number of likely N-dealkylation sites (tertiary alicyclic amines) is 1. The Kier molecular flexibility index (Phi) is 3.35. The number of rotatable bonds is 2. The van der Waals surface area contributed by atoms with Crippen LogP contribution in [0.4, 0.5) is 0 Å². The van der Waals surface area contributed by atoms with Gasteiger partial charge >= 0.3 is 5.97 Å². The summed E-state index contributed by atoms with van der Waals surface area (Å²) in [6.07, 6.45) is 5.37. The number of hydrogen-bond donors (Lipinski definition) is 1. The molecule has 30 heavy (non-hydrogen) atoms. The van der Waals surface area contributed by atoms with Gasteiger partial charge in [-0.2, -0.15) is 0 Å². The fourth-order valence-corrected chi connectivity index (χ4v) is 5.14. The molecule has 150 valence electrons. The van der Waals surface area contributed by atoms with Gasteiger partial charge in [0.25, 0.3) is 5.56 Å². The summed E-state index contributed by atoms with van der Waals surface area (Å²) < 4.78 is 5.69. The summed E-state index contributed by atoms with van der Waals surface area (Å²) in [5.41, 5.74) is 0.629. The van der Waals surface area contributed by atoms with Gasteiger partial charge in [0.05, 0.1) is 17.5 Å². The Morgan fingerprint density at radius 1 is 1.07 bits per heavy atom. The summed E-state index contributed by atoms with van der Waals surface area (Å²) in [5, 5.41) is 1.00. The molecule has 6 rings (SSSR count). The summed E-state index contributed by atoms with van der Waals surface area (Å²) in [6, 6.07) is 11.5. The van der Waals surface area contributed by atoms with Crippen molar-refractivity contribution < 1.29 is 14.3 Å². The van der Waals surface area contributed by atoms with Crippen LogP contribution in [0.15, 0.2) is 53.6 Å². The molecule has 1 aliphatic carbocycles. The normalized spacial score (nSPS) is 23.6. The third-order valence-corrected chi connectivity index (χ3v) is 6.79. The second-order valence-electron chi connectivity index (χ2n) is 8.41. The molecule has 1 unspecified atom stereocenters. The van der Waals surface area contributed by atoms with E-state index in [-0.39, 0.29) is 18.0 Å². The van der Waals surface area contributed by atoms with E-state index in [1.54, 1.807) is 17.2 Å². The molecule has 1 spiro atoms. The lowest BCUT2D eigenvalue weighted by Crippen LogP contribution is -2.40. The van der Waals surface area contributed by atoms with Crippen LogP contribution < -0.4 is 5.56 Å². The number of esters is 1. The number of carbonyl (C=O) groups is 2. The first-order valence-corrected chi connectivity index (χ1v) is 10.1. The zero-order valence-electron chi connectivity index (χ0n) is 16.2. The maximum Gasteiger partial charge on any atom is 0.345 e. The van der Waals surface area contributed by atoms with Crippen molar-refractivity contribution in [1.29, 1.82) is 0 Å². The maximum absolute atomic E-state index is 13.7. The van der Waals surface area contributed by atoms with Crippen molar-refractivity contribution in [3.63, 3.8) is 0 Å². The molecule has 2 aromatic heterocycles. The van der Waals surface area contributed by atoms with Gasteiger partial charge in [0.2, 0.25) is 5.91 Å². The highest BCUT2D eigenvalue weighted by Gasteiger charge is 2.58. The Morgan fingerprint density at radius 2 is 1.90 bits per heavy atom. The number of para-hydroxylation sites is 1. The van der Waals surface area contributed by atoms with Crippen molar-refractivity contribution in [2.45, 2.75) is 30.3 Å². The first-order chi connectivity index (χ1) is 14.5. The molecule has 1 N–H and O–H groups in total. The van der Waals surface area contributed by atoms with E-state index < -0.39 is 22.5 Å². The van der Waals surface area contributed by atoms with Crippen LogP contribution >= 0.6 is 0 Å². The Bertz CT molecular complexity index is 1290. The summed E-state index contributed by atoms with van der Waals surface area (Å²) in [6.45, 7) is 0.766. The number of pyridine rings is 2. The van der Waals surface area contributed by atoms with Crippen LogP contribution in [0.25, 0.3) is 10.9 Å². The third kappa shape index (κ3) is 2.20. The highest BCUT2D eigenvalue weighted by molar-refractivity contribution is 5.98. The molecule has 3 aromatic rings. The largest absolute Gasteiger partial charge is 0.448 e. The Morgan fingerprint density at radius 3 is 2.73 bits per heavy atom. The number of H-pyrrole nitrogens is 1. The molecular weight excluding hydrogens is 382 g/mol. The quantitative estimate of drug-likeness (QED) is 0.665. The Labute approximate surface area is 171 Å². The van der Waals surface area contributed by atoms with Crippen LogP contribution in [-0.2, 0) is 20.5 Å². The second kappa shape index (κ2) is 5.78. The summed E-state index contributed by atoms with van der Waals surface area (Å²) in [7, 11) is 0. The van der Waals surface area contributed by atoms with E-state index in [0.29, 0.717) is 18.5 Å². The SMILES string of the molecule is O=C1OC2(CCN(C(=O)C3(c4ccnc5ccccc45)CC3)C2)c2cc[nH]c(=O)c21. The lowest BCUT2D eigenvalue weighted by Gasteiger charge is -2.27. The van der Waals surface area contributed by atoms with E-state index >= 15 is 0 Å². The molecular formula is C23H19N3O4. The van der Waals surface area contributed by atoms with E-state index in [4.69, 9.17) is 4.74 Å². The van der Waals surface area contributed by atoms with E-state index in [2.05, 4.69) is 9.97 Å². The van der Waals surface area contributed by atoms with Crippen LogP contribution in [0, 0.1) is 0 Å². The van der Waals surface area contributed by atoms with Gasteiger partial charge in [-0.05, 0) is 36.6 Å². The minimum absolute atomic E-state index is 0.0602. The molecule has 1 saturated carbocycles. The topological polar surface area (TPSA) is 92.4 Å². The van der Waals surface area contributed by atoms with Crippen molar-refractivity contribution in [2.24, 2.45) is 0 Å². The Hall–Kier alpha value is -3.48. The van der Waals surface area contributed by atoms with Gasteiger partial charge in [-0.25, -0.2) is 4.79 Å². The van der Waals surface area contributed by atoms with Gasteiger partial charge in [0.1, 0.15) is 5.56 Å². The number of nitrogens with one attached hydrogen (secondary N) is 1. The van der Waals surface area contributed by atoms with Crippen molar-refractivity contribution in [1.82, 2.24) is 14.9 Å². The summed E-state index contributed by atoms with van der Waals surface area (Å²) in [5.74, 6) is -0.549. The molecule has 1 aromatic carbocycles. The Balaban J connectivity index is 1.36. The van der Waals surface area contributed by atoms with Crippen LogP contribution in [0.5, 0.6) is 0 Å². The van der Waals surface area contributed by atoms with Gasteiger partial charge in [0.15, 0.2) is 5.60 Å². The smallest absolute Gasteiger partial charge is 0.345 e. The molecule has 4 heterocycles.